The van der Waals surface area contributed by atoms with E-state index in [0.29, 0.717) is 12.2 Å². The topological polar surface area (TPSA) is 95.5 Å². The number of thioether (sulfide) groups is 1. The van der Waals surface area contributed by atoms with E-state index in [1.54, 1.807) is 11.8 Å². The lowest BCUT2D eigenvalue weighted by atomic mass is 10.0. The zero-order valence-electron chi connectivity index (χ0n) is 15.8. The first-order valence-corrected chi connectivity index (χ1v) is 10.7. The fourth-order valence-electron chi connectivity index (χ4n) is 2.39. The average Bonchev–Trinajstić information content (AvgIpc) is 2.64. The van der Waals surface area contributed by atoms with Gasteiger partial charge in [-0.25, -0.2) is 4.79 Å². The molecule has 27 heavy (non-hydrogen) atoms. The van der Waals surface area contributed by atoms with Crippen LogP contribution in [-0.2, 0) is 20.8 Å². The van der Waals surface area contributed by atoms with Crippen LogP contribution < -0.4 is 10.6 Å². The molecule has 150 valence electrons. The molecular formula is C19H28N2O4S2. The van der Waals surface area contributed by atoms with Gasteiger partial charge in [0.25, 0.3) is 0 Å². The highest BCUT2D eigenvalue weighted by molar-refractivity contribution is 7.98. The van der Waals surface area contributed by atoms with E-state index in [-0.39, 0.29) is 18.2 Å². The van der Waals surface area contributed by atoms with E-state index in [0.717, 1.165) is 5.56 Å². The number of carbonyl (C=O) groups excluding carboxylic acids is 2. The zero-order valence-corrected chi connectivity index (χ0v) is 17.6. The molecule has 0 spiro atoms. The van der Waals surface area contributed by atoms with Crippen LogP contribution in [-0.4, -0.2) is 52.2 Å². The smallest absolute Gasteiger partial charge is 0.326 e. The maximum atomic E-state index is 12.7. The average molecular weight is 413 g/mol. The second kappa shape index (κ2) is 11.9. The number of rotatable bonds is 11. The maximum absolute atomic E-state index is 12.7. The van der Waals surface area contributed by atoms with Gasteiger partial charge in [0.1, 0.15) is 12.1 Å². The van der Waals surface area contributed by atoms with Crippen LogP contribution in [0.2, 0.25) is 0 Å². The minimum absolute atomic E-state index is 0.0162. The van der Waals surface area contributed by atoms with Crippen LogP contribution in [0.4, 0.5) is 0 Å². The molecule has 0 aliphatic rings. The van der Waals surface area contributed by atoms with Gasteiger partial charge in [-0.3, -0.25) is 9.59 Å². The van der Waals surface area contributed by atoms with E-state index in [9.17, 15) is 19.5 Å². The molecule has 2 amide bonds. The third kappa shape index (κ3) is 8.26. The lowest BCUT2D eigenvalue weighted by molar-refractivity contribution is -0.142. The molecule has 0 aromatic heterocycles. The summed E-state index contributed by atoms with van der Waals surface area (Å²) in [6, 6.07) is 7.23. The Morgan fingerprint density at radius 1 is 1.07 bits per heavy atom. The number of thiol groups is 1. The van der Waals surface area contributed by atoms with Crippen molar-refractivity contribution in [2.75, 3.05) is 12.0 Å². The van der Waals surface area contributed by atoms with Gasteiger partial charge in [-0.1, -0.05) is 44.2 Å². The third-order valence-electron chi connectivity index (χ3n) is 4.04. The zero-order chi connectivity index (χ0) is 20.4. The van der Waals surface area contributed by atoms with Crippen molar-refractivity contribution in [3.63, 3.8) is 0 Å². The van der Waals surface area contributed by atoms with Crippen LogP contribution in [0.1, 0.15) is 25.8 Å². The summed E-state index contributed by atoms with van der Waals surface area (Å²) in [5.74, 6) is -1.26. The Balaban J connectivity index is 2.82. The van der Waals surface area contributed by atoms with Crippen LogP contribution in [0.3, 0.4) is 0 Å². The molecule has 3 N–H and O–H groups in total. The van der Waals surface area contributed by atoms with Gasteiger partial charge in [0.2, 0.25) is 11.8 Å². The van der Waals surface area contributed by atoms with Gasteiger partial charge in [0, 0.05) is 6.42 Å². The number of carbonyl (C=O) groups is 3. The van der Waals surface area contributed by atoms with Crippen LogP contribution >= 0.6 is 24.4 Å². The number of amides is 2. The van der Waals surface area contributed by atoms with Gasteiger partial charge in [-0.05, 0) is 29.9 Å². The van der Waals surface area contributed by atoms with Crippen molar-refractivity contribution >= 4 is 42.2 Å². The Kier molecular flexibility index (Phi) is 10.3. The maximum Gasteiger partial charge on any atom is 0.326 e. The van der Waals surface area contributed by atoms with E-state index in [1.807, 2.05) is 50.4 Å². The van der Waals surface area contributed by atoms with Gasteiger partial charge < -0.3 is 15.7 Å². The second-order valence-electron chi connectivity index (χ2n) is 6.62. The molecule has 0 fully saturated rings. The molecule has 8 heteroatoms. The molecule has 0 bridgehead atoms. The van der Waals surface area contributed by atoms with Crippen molar-refractivity contribution in [3.8, 4) is 0 Å². The Hall–Kier alpha value is -1.67. The summed E-state index contributed by atoms with van der Waals surface area (Å²) >= 11 is 5.83. The largest absolute Gasteiger partial charge is 0.480 e. The minimum Gasteiger partial charge on any atom is -0.480 e. The predicted molar refractivity (Wildman–Crippen MR) is 112 cm³/mol. The molecule has 1 aromatic carbocycles. The number of carboxylic acids is 1. The van der Waals surface area contributed by atoms with E-state index in [4.69, 9.17) is 0 Å². The molecule has 0 aliphatic carbocycles. The van der Waals surface area contributed by atoms with E-state index >= 15 is 0 Å². The predicted octanol–water partition coefficient (Wildman–Crippen LogP) is 1.99. The molecule has 1 rings (SSSR count). The molecule has 0 heterocycles. The molecule has 0 saturated heterocycles. The first kappa shape index (κ1) is 23.4. The van der Waals surface area contributed by atoms with E-state index < -0.39 is 29.2 Å². The monoisotopic (exact) mass is 412 g/mol. The normalized spacial score (nSPS) is 14.3. The van der Waals surface area contributed by atoms with Crippen molar-refractivity contribution in [1.29, 1.82) is 0 Å². The number of benzene rings is 1. The van der Waals surface area contributed by atoms with Crippen molar-refractivity contribution in [1.82, 2.24) is 10.6 Å². The number of hydrogen-bond donors (Lipinski definition) is 4. The molecule has 1 aromatic rings. The summed E-state index contributed by atoms with van der Waals surface area (Å²) in [7, 11) is 0. The summed E-state index contributed by atoms with van der Waals surface area (Å²) in [6.07, 6.45) is 2.49. The molecule has 6 nitrogen and oxygen atoms in total. The summed E-state index contributed by atoms with van der Waals surface area (Å²) in [6.45, 7) is 3.74. The van der Waals surface area contributed by atoms with E-state index in [1.165, 1.54) is 0 Å². The highest BCUT2D eigenvalue weighted by atomic mass is 32.2. The van der Waals surface area contributed by atoms with Crippen LogP contribution in [0.25, 0.3) is 0 Å². The van der Waals surface area contributed by atoms with E-state index in [2.05, 4.69) is 23.3 Å². The second-order valence-corrected chi connectivity index (χ2v) is 8.16. The van der Waals surface area contributed by atoms with Crippen molar-refractivity contribution in [3.05, 3.63) is 35.9 Å². The number of carboxylic acid groups (broad SMARTS) is 1. The first-order valence-electron chi connectivity index (χ1n) is 8.80. The Bertz CT molecular complexity index is 625. The molecule has 0 radical (unpaired) electrons. The lowest BCUT2D eigenvalue weighted by Gasteiger charge is -2.23. The highest BCUT2D eigenvalue weighted by Gasteiger charge is 2.28. The standard InChI is InChI=1S/C19H28N2O4S2/c1-12(2)16(26)18(23)20-14(9-10-27-3)17(22)21-15(19(24)25)11-13-7-5-4-6-8-13/h4-8,12,14-16,26H,9-11H2,1-3H3,(H,20,23)(H,21,22)(H,24,25)/t14-,15-,16?/m0/s1. The van der Waals surface area contributed by atoms with Gasteiger partial charge in [-0.2, -0.15) is 24.4 Å². The summed E-state index contributed by atoms with van der Waals surface area (Å²) in [5, 5.41) is 14.2. The van der Waals surface area contributed by atoms with Gasteiger partial charge in [0.15, 0.2) is 0 Å². The Labute approximate surface area is 170 Å². The number of nitrogens with one attached hydrogen (secondary N) is 2. The van der Waals surface area contributed by atoms with Crippen molar-refractivity contribution in [2.45, 2.75) is 44.0 Å². The summed E-state index contributed by atoms with van der Waals surface area (Å²) in [4.78, 5) is 36.5. The number of aliphatic carboxylic acids is 1. The van der Waals surface area contributed by atoms with Crippen molar-refractivity contribution in [2.24, 2.45) is 5.92 Å². The van der Waals surface area contributed by atoms with Gasteiger partial charge in [-0.15, -0.1) is 0 Å². The lowest BCUT2D eigenvalue weighted by Crippen LogP contribution is -2.53. The SMILES string of the molecule is CSCC[C@H](NC(=O)C(S)C(C)C)C(=O)N[C@@H](Cc1ccccc1)C(=O)O. The Morgan fingerprint density at radius 2 is 1.67 bits per heavy atom. The molecular weight excluding hydrogens is 384 g/mol. The van der Waals surface area contributed by atoms with Gasteiger partial charge in [0.05, 0.1) is 5.25 Å². The van der Waals surface area contributed by atoms with Gasteiger partial charge >= 0.3 is 5.97 Å². The quantitative estimate of drug-likeness (QED) is 0.417. The van der Waals surface area contributed by atoms with Crippen LogP contribution in [0.5, 0.6) is 0 Å². The third-order valence-corrected chi connectivity index (χ3v) is 5.52. The minimum atomic E-state index is -1.11. The molecule has 0 saturated carbocycles. The fraction of sp³-hybridized carbons (Fsp3) is 0.526. The van der Waals surface area contributed by atoms with Crippen molar-refractivity contribution < 1.29 is 19.5 Å². The molecule has 1 unspecified atom stereocenters. The first-order chi connectivity index (χ1) is 12.8. The van der Waals surface area contributed by atoms with Crippen LogP contribution in [0.15, 0.2) is 30.3 Å². The summed E-state index contributed by atoms with van der Waals surface area (Å²) < 4.78 is 0. The highest BCUT2D eigenvalue weighted by Crippen LogP contribution is 2.11. The van der Waals surface area contributed by atoms with Crippen LogP contribution in [0, 0.1) is 5.92 Å². The summed E-state index contributed by atoms with van der Waals surface area (Å²) in [5.41, 5.74) is 0.810. The molecule has 0 aliphatic heterocycles. The molecule has 3 atom stereocenters. The number of hydrogen-bond acceptors (Lipinski definition) is 5. The Morgan fingerprint density at radius 3 is 2.19 bits per heavy atom. The fourth-order valence-corrected chi connectivity index (χ4v) is 2.93.